The number of ether oxygens (including phenoxy) is 3. The van der Waals surface area contributed by atoms with E-state index in [4.69, 9.17) is 14.2 Å². The summed E-state index contributed by atoms with van der Waals surface area (Å²) >= 11 is 1.58. The fourth-order valence-corrected chi connectivity index (χ4v) is 5.40. The molecule has 0 radical (unpaired) electrons. The molecule has 0 bridgehead atoms. The molecule has 1 heterocycles. The van der Waals surface area contributed by atoms with Gasteiger partial charge in [-0.15, -0.1) is 0 Å². The minimum atomic E-state index is -0.285. The lowest BCUT2D eigenvalue weighted by Crippen LogP contribution is -2.49. The topological polar surface area (TPSA) is 60.0 Å². The smallest absolute Gasteiger partial charge is 0.410 e. The molecule has 7 heteroatoms. The molecule has 0 aromatic heterocycles. The van der Waals surface area contributed by atoms with Crippen LogP contribution in [0.15, 0.2) is 30.3 Å². The van der Waals surface area contributed by atoms with E-state index in [9.17, 15) is 4.79 Å². The van der Waals surface area contributed by atoms with Crippen molar-refractivity contribution in [2.24, 2.45) is 0 Å². The van der Waals surface area contributed by atoms with Gasteiger partial charge in [0.1, 0.15) is 0 Å². The molecule has 1 saturated heterocycles. The molecule has 1 aliphatic heterocycles. The zero-order chi connectivity index (χ0) is 20.8. The summed E-state index contributed by atoms with van der Waals surface area (Å²) in [5.41, 5.74) is 1.37. The summed E-state index contributed by atoms with van der Waals surface area (Å²) in [7, 11) is 3.21. The first-order valence-electron chi connectivity index (χ1n) is 10.4. The number of benzene rings is 1. The molecule has 2 aliphatic rings. The van der Waals surface area contributed by atoms with E-state index in [0.29, 0.717) is 12.5 Å². The minimum absolute atomic E-state index is 0.0466. The molecule has 1 saturated carbocycles. The average Bonchev–Trinajstić information content (AvgIpc) is 3.07. The van der Waals surface area contributed by atoms with Crippen LogP contribution in [0.1, 0.15) is 44.1 Å². The summed E-state index contributed by atoms with van der Waals surface area (Å²) in [6.07, 6.45) is 5.72. The monoisotopic (exact) mass is 422 g/mol. The molecule has 162 valence electrons. The number of nitrogens with zero attached hydrogens (tertiary/aromatic N) is 1. The summed E-state index contributed by atoms with van der Waals surface area (Å²) in [6.45, 7) is 2.55. The lowest BCUT2D eigenvalue weighted by atomic mass is 9.81. The maximum absolute atomic E-state index is 12.3. The fourth-order valence-electron chi connectivity index (χ4n) is 4.84. The van der Waals surface area contributed by atoms with Gasteiger partial charge in [-0.2, -0.15) is 0 Å². The largest absolute Gasteiger partial charge is 0.453 e. The summed E-state index contributed by atoms with van der Waals surface area (Å²) in [6, 6.07) is 10.9. The Morgan fingerprint density at radius 3 is 2.59 bits per heavy atom. The van der Waals surface area contributed by atoms with Gasteiger partial charge in [-0.3, -0.25) is 9.62 Å². The van der Waals surface area contributed by atoms with Gasteiger partial charge >= 0.3 is 6.09 Å². The van der Waals surface area contributed by atoms with Crippen LogP contribution < -0.4 is 4.72 Å². The third-order valence-electron chi connectivity index (χ3n) is 6.33. The Bertz CT molecular complexity index is 647. The Labute approximate surface area is 178 Å². The molecule has 1 aliphatic carbocycles. The van der Waals surface area contributed by atoms with E-state index >= 15 is 0 Å². The van der Waals surface area contributed by atoms with Crippen molar-refractivity contribution in [3.05, 3.63) is 35.9 Å². The van der Waals surface area contributed by atoms with Gasteiger partial charge in [-0.1, -0.05) is 42.3 Å². The Balaban J connectivity index is 1.63. The number of amides is 1. The van der Waals surface area contributed by atoms with Crippen LogP contribution in [0.5, 0.6) is 0 Å². The van der Waals surface area contributed by atoms with Crippen molar-refractivity contribution in [3.63, 3.8) is 0 Å². The first kappa shape index (κ1) is 22.4. The quantitative estimate of drug-likeness (QED) is 0.674. The van der Waals surface area contributed by atoms with E-state index in [1.807, 2.05) is 11.2 Å². The maximum atomic E-state index is 12.3. The molecule has 3 rings (SSSR count). The number of rotatable bonds is 7. The lowest BCUT2D eigenvalue weighted by Gasteiger charge is -2.37. The molecule has 1 N–H and O–H groups in total. The normalized spacial score (nSPS) is 32.3. The van der Waals surface area contributed by atoms with Gasteiger partial charge in [-0.05, 0) is 50.3 Å². The minimum Gasteiger partial charge on any atom is -0.453 e. The van der Waals surface area contributed by atoms with E-state index < -0.39 is 0 Å². The van der Waals surface area contributed by atoms with Crippen LogP contribution in [0, 0.1) is 0 Å². The van der Waals surface area contributed by atoms with Crippen LogP contribution >= 0.6 is 11.9 Å². The maximum Gasteiger partial charge on any atom is 0.410 e. The third-order valence-corrected chi connectivity index (χ3v) is 6.87. The van der Waals surface area contributed by atoms with Crippen LogP contribution in [0.3, 0.4) is 0 Å². The van der Waals surface area contributed by atoms with Gasteiger partial charge < -0.3 is 14.2 Å². The highest BCUT2D eigenvalue weighted by molar-refractivity contribution is 7.96. The van der Waals surface area contributed by atoms with Crippen molar-refractivity contribution >= 4 is 18.0 Å². The highest BCUT2D eigenvalue weighted by atomic mass is 32.2. The van der Waals surface area contributed by atoms with Gasteiger partial charge in [0.15, 0.2) is 0 Å². The van der Waals surface area contributed by atoms with Crippen LogP contribution in [0.4, 0.5) is 4.79 Å². The van der Waals surface area contributed by atoms with Gasteiger partial charge in [0.05, 0.1) is 32.0 Å². The predicted octanol–water partition coefficient (Wildman–Crippen LogP) is 3.82. The molecular formula is C22H34N2O4S. The molecule has 2 fully saturated rings. The van der Waals surface area contributed by atoms with Gasteiger partial charge in [0.25, 0.3) is 0 Å². The average molecular weight is 423 g/mol. The zero-order valence-electron chi connectivity index (χ0n) is 17.9. The Morgan fingerprint density at radius 1 is 1.17 bits per heavy atom. The van der Waals surface area contributed by atoms with Crippen molar-refractivity contribution in [1.82, 2.24) is 9.62 Å². The third kappa shape index (κ3) is 5.26. The van der Waals surface area contributed by atoms with Crippen molar-refractivity contribution in [2.45, 2.75) is 68.9 Å². The van der Waals surface area contributed by atoms with Crippen molar-refractivity contribution in [2.75, 3.05) is 27.1 Å². The molecule has 1 aromatic carbocycles. The van der Waals surface area contributed by atoms with Crippen molar-refractivity contribution < 1.29 is 19.0 Å². The Hall–Kier alpha value is -1.28. The number of carbonyl (C=O) groups is 1. The molecule has 0 spiro atoms. The Morgan fingerprint density at radius 2 is 1.93 bits per heavy atom. The second-order valence-corrected chi connectivity index (χ2v) is 8.67. The number of nitrogens with one attached hydrogen (secondary N) is 1. The van der Waals surface area contributed by atoms with Gasteiger partial charge in [0, 0.05) is 19.2 Å². The number of carbonyl (C=O) groups excluding carboxylic acids is 1. The summed E-state index contributed by atoms with van der Waals surface area (Å²) in [5, 5.41) is 0. The van der Waals surface area contributed by atoms with Crippen LogP contribution in [-0.2, 0) is 14.2 Å². The lowest BCUT2D eigenvalue weighted by molar-refractivity contribution is -0.0912. The number of hydrogen-bond donors (Lipinski definition) is 1. The standard InChI is InChI=1S/C22H34N2O4S/c1-15-12-18(23-29-4)19(24(15)22(25)27-3)14-28-20-11-10-17(13-21(20)26-2)16-8-6-5-7-9-16/h5-9,15,17-21,23H,10-14H2,1-4H3. The molecular weight excluding hydrogens is 388 g/mol. The van der Waals surface area contributed by atoms with Crippen LogP contribution in [0.2, 0.25) is 0 Å². The summed E-state index contributed by atoms with van der Waals surface area (Å²) in [4.78, 5) is 14.2. The van der Waals surface area contributed by atoms with Crippen LogP contribution in [0.25, 0.3) is 0 Å². The van der Waals surface area contributed by atoms with E-state index in [0.717, 1.165) is 25.7 Å². The second kappa shape index (κ2) is 10.7. The number of methoxy groups -OCH3 is 2. The van der Waals surface area contributed by atoms with Gasteiger partial charge in [-0.25, -0.2) is 4.79 Å². The summed E-state index contributed by atoms with van der Waals surface area (Å²) in [5.74, 6) is 0.505. The van der Waals surface area contributed by atoms with E-state index in [2.05, 4.69) is 42.0 Å². The molecule has 6 unspecified atom stereocenters. The highest BCUT2D eigenvalue weighted by Crippen LogP contribution is 2.36. The van der Waals surface area contributed by atoms with Gasteiger partial charge in [0.2, 0.25) is 0 Å². The first-order valence-corrected chi connectivity index (χ1v) is 11.7. The Kier molecular flexibility index (Phi) is 8.24. The first-order chi connectivity index (χ1) is 14.1. The molecule has 29 heavy (non-hydrogen) atoms. The number of likely N-dealkylation sites (tertiary alicyclic amines) is 1. The zero-order valence-corrected chi connectivity index (χ0v) is 18.7. The SMILES string of the molecule is COC(=O)N1C(C)CC(NSC)C1COC1CCC(c2ccccc2)CC1OC. The highest BCUT2D eigenvalue weighted by Gasteiger charge is 2.43. The van der Waals surface area contributed by atoms with Crippen molar-refractivity contribution in [3.8, 4) is 0 Å². The molecule has 1 aromatic rings. The van der Waals surface area contributed by atoms with Crippen LogP contribution in [-0.4, -0.2) is 68.4 Å². The predicted molar refractivity (Wildman–Crippen MR) is 116 cm³/mol. The summed E-state index contributed by atoms with van der Waals surface area (Å²) < 4.78 is 20.7. The molecule has 6 nitrogen and oxygen atoms in total. The molecule has 1 amide bonds. The fraction of sp³-hybridized carbons (Fsp3) is 0.682. The van der Waals surface area contributed by atoms with E-state index in [1.54, 1.807) is 19.1 Å². The molecule has 6 atom stereocenters. The number of hydrogen-bond acceptors (Lipinski definition) is 6. The second-order valence-electron chi connectivity index (χ2n) is 8.02. The van der Waals surface area contributed by atoms with E-state index in [-0.39, 0.29) is 36.4 Å². The van der Waals surface area contributed by atoms with E-state index in [1.165, 1.54) is 12.7 Å². The van der Waals surface area contributed by atoms with Crippen molar-refractivity contribution in [1.29, 1.82) is 0 Å².